The first-order valence-electron chi connectivity index (χ1n) is 7.93. The number of anilines is 3. The molecule has 0 amide bonds. The first-order valence-corrected chi connectivity index (χ1v) is 8.81. The third-order valence-corrected chi connectivity index (χ3v) is 4.01. The van der Waals surface area contributed by atoms with Gasteiger partial charge in [0, 0.05) is 22.5 Å². The molecular formula is C20H23N3OS. The van der Waals surface area contributed by atoms with E-state index in [0.29, 0.717) is 0 Å². The molecular weight excluding hydrogens is 330 g/mol. The van der Waals surface area contributed by atoms with Crippen molar-refractivity contribution in [3.63, 3.8) is 0 Å². The van der Waals surface area contributed by atoms with Crippen LogP contribution in [0.1, 0.15) is 18.2 Å². The zero-order valence-corrected chi connectivity index (χ0v) is 15.3. The molecule has 0 fully saturated rings. The largest absolute Gasteiger partial charge is 0.392 e. The number of hydrogen-bond donors (Lipinski definition) is 3. The van der Waals surface area contributed by atoms with Crippen LogP contribution in [0.3, 0.4) is 0 Å². The summed E-state index contributed by atoms with van der Waals surface area (Å²) in [5, 5.41) is 18.1. The second-order valence-corrected chi connectivity index (χ2v) is 6.40. The molecule has 0 radical (unpaired) electrons. The van der Waals surface area contributed by atoms with E-state index in [9.17, 15) is 0 Å². The molecule has 0 saturated carbocycles. The number of aromatic nitrogens is 1. The quantitative estimate of drug-likeness (QED) is 0.581. The maximum atomic E-state index is 8.77. The van der Waals surface area contributed by atoms with Crippen molar-refractivity contribution in [1.82, 2.24) is 4.98 Å². The molecule has 0 unspecified atom stereocenters. The van der Waals surface area contributed by atoms with E-state index in [4.69, 9.17) is 5.11 Å². The van der Waals surface area contributed by atoms with E-state index in [2.05, 4.69) is 22.2 Å². The lowest BCUT2D eigenvalue weighted by atomic mass is 10.2. The summed E-state index contributed by atoms with van der Waals surface area (Å²) in [6.45, 7) is 7.72. The summed E-state index contributed by atoms with van der Waals surface area (Å²) in [5.41, 5.74) is 4.97. The lowest BCUT2D eigenvalue weighted by Gasteiger charge is -2.04. The van der Waals surface area contributed by atoms with Crippen LogP contribution in [0.5, 0.6) is 0 Å². The van der Waals surface area contributed by atoms with Crippen molar-refractivity contribution in [3.8, 4) is 0 Å². The van der Waals surface area contributed by atoms with Gasteiger partial charge in [-0.3, -0.25) is 0 Å². The van der Waals surface area contributed by atoms with Crippen molar-refractivity contribution in [1.29, 1.82) is 0 Å². The Morgan fingerprint density at radius 3 is 2.28 bits per heavy atom. The maximum Gasteiger partial charge on any atom is 0.187 e. The summed E-state index contributed by atoms with van der Waals surface area (Å²) in [6.07, 6.45) is 0. The van der Waals surface area contributed by atoms with Crippen LogP contribution >= 0.6 is 11.3 Å². The second-order valence-electron chi connectivity index (χ2n) is 5.55. The van der Waals surface area contributed by atoms with Crippen molar-refractivity contribution in [2.24, 2.45) is 0 Å². The average molecular weight is 353 g/mol. The molecule has 3 N–H and O–H groups in total. The Kier molecular flexibility index (Phi) is 7.19. The van der Waals surface area contributed by atoms with Crippen LogP contribution < -0.4 is 10.6 Å². The summed E-state index contributed by atoms with van der Waals surface area (Å²) in [7, 11) is 0. The summed E-state index contributed by atoms with van der Waals surface area (Å²) >= 11 is 1.62. The van der Waals surface area contributed by atoms with E-state index in [-0.39, 0.29) is 6.61 Å². The van der Waals surface area contributed by atoms with Crippen molar-refractivity contribution in [2.45, 2.75) is 20.5 Å². The number of aryl methyl sites for hydroxylation is 1. The fraction of sp³-hybridized carbons (Fsp3) is 0.150. The van der Waals surface area contributed by atoms with Gasteiger partial charge in [0.2, 0.25) is 0 Å². The molecule has 2 aromatic carbocycles. The minimum absolute atomic E-state index is 0.0906. The van der Waals surface area contributed by atoms with Gasteiger partial charge in [0.05, 0.1) is 12.3 Å². The van der Waals surface area contributed by atoms with Crippen LogP contribution in [0.2, 0.25) is 0 Å². The Bertz CT molecular complexity index is 782. The molecule has 130 valence electrons. The third kappa shape index (κ3) is 6.79. The summed E-state index contributed by atoms with van der Waals surface area (Å²) in [5.74, 6) is 0. The van der Waals surface area contributed by atoms with Crippen LogP contribution in [-0.4, -0.2) is 10.1 Å². The molecule has 5 heteroatoms. The zero-order chi connectivity index (χ0) is 18.1. The molecule has 0 aliphatic carbocycles. The number of rotatable bonds is 5. The fourth-order valence-electron chi connectivity index (χ4n) is 2.00. The second kappa shape index (κ2) is 9.61. The molecule has 0 spiro atoms. The third-order valence-electron chi connectivity index (χ3n) is 3.14. The number of para-hydroxylation sites is 1. The van der Waals surface area contributed by atoms with Crippen LogP contribution in [0, 0.1) is 6.92 Å². The van der Waals surface area contributed by atoms with E-state index in [1.54, 1.807) is 11.3 Å². The van der Waals surface area contributed by atoms with Gasteiger partial charge in [-0.05, 0) is 43.7 Å². The number of hydrogen-bond acceptors (Lipinski definition) is 5. The molecule has 0 saturated heterocycles. The number of allylic oxidation sites excluding steroid dienone is 1. The van der Waals surface area contributed by atoms with Crippen molar-refractivity contribution >= 4 is 27.8 Å². The van der Waals surface area contributed by atoms with Gasteiger partial charge in [-0.2, -0.15) is 0 Å². The van der Waals surface area contributed by atoms with Crippen LogP contribution in [0.25, 0.3) is 0 Å². The number of nitrogens with one attached hydrogen (secondary N) is 2. The first-order chi connectivity index (χ1) is 12.1. The predicted octanol–water partition coefficient (Wildman–Crippen LogP) is 5.32. The molecule has 25 heavy (non-hydrogen) atoms. The first kappa shape index (κ1) is 18.7. The summed E-state index contributed by atoms with van der Waals surface area (Å²) in [4.78, 5) is 4.31. The number of aliphatic hydroxyl groups excluding tert-OH is 1. The van der Waals surface area contributed by atoms with Gasteiger partial charge in [0.25, 0.3) is 0 Å². The molecule has 1 heterocycles. The van der Waals surface area contributed by atoms with E-state index < -0.39 is 0 Å². The highest BCUT2D eigenvalue weighted by atomic mass is 32.1. The van der Waals surface area contributed by atoms with E-state index in [1.807, 2.05) is 73.8 Å². The van der Waals surface area contributed by atoms with Gasteiger partial charge in [-0.1, -0.05) is 36.9 Å². The SMILES string of the molecule is C=C(C)Nc1ccc(CO)cc1.Cc1csc(Nc2ccccc2)n1. The van der Waals surface area contributed by atoms with Crippen LogP contribution in [0.4, 0.5) is 16.5 Å². The highest BCUT2D eigenvalue weighted by Gasteiger charge is 1.97. The van der Waals surface area contributed by atoms with Crippen molar-refractivity contribution < 1.29 is 5.11 Å². The number of aliphatic hydroxyl groups is 1. The van der Waals surface area contributed by atoms with Gasteiger partial charge in [-0.25, -0.2) is 4.98 Å². The monoisotopic (exact) mass is 353 g/mol. The van der Waals surface area contributed by atoms with Gasteiger partial charge < -0.3 is 15.7 Å². The van der Waals surface area contributed by atoms with Crippen LogP contribution in [-0.2, 0) is 6.61 Å². The Morgan fingerprint density at radius 1 is 1.08 bits per heavy atom. The minimum Gasteiger partial charge on any atom is -0.392 e. The molecule has 0 bridgehead atoms. The normalized spacial score (nSPS) is 9.72. The standard InChI is InChI=1S/C10H10N2S.C10H13NO/c1-8-7-13-10(11-8)12-9-5-3-2-4-6-9;1-8(2)11-10-5-3-9(7-12)4-6-10/h2-7H,1H3,(H,11,12);3-6,11-12H,1,7H2,2H3. The predicted molar refractivity (Wildman–Crippen MR) is 107 cm³/mol. The molecule has 4 nitrogen and oxygen atoms in total. The van der Waals surface area contributed by atoms with Gasteiger partial charge in [-0.15, -0.1) is 11.3 Å². The minimum atomic E-state index is 0.0906. The molecule has 0 atom stereocenters. The van der Waals surface area contributed by atoms with E-state index >= 15 is 0 Å². The molecule has 0 aliphatic rings. The van der Waals surface area contributed by atoms with Crippen molar-refractivity contribution in [2.75, 3.05) is 10.6 Å². The Balaban J connectivity index is 0.000000181. The van der Waals surface area contributed by atoms with Gasteiger partial charge in [0.15, 0.2) is 5.13 Å². The summed E-state index contributed by atoms with van der Waals surface area (Å²) < 4.78 is 0. The van der Waals surface area contributed by atoms with Gasteiger partial charge in [0.1, 0.15) is 0 Å². The number of thiazole rings is 1. The van der Waals surface area contributed by atoms with E-state index in [0.717, 1.165) is 33.5 Å². The van der Waals surface area contributed by atoms with Gasteiger partial charge >= 0.3 is 0 Å². The average Bonchev–Trinajstić information content (AvgIpc) is 3.01. The van der Waals surface area contributed by atoms with E-state index in [1.165, 1.54) is 0 Å². The Morgan fingerprint density at radius 2 is 1.76 bits per heavy atom. The lowest BCUT2D eigenvalue weighted by molar-refractivity contribution is 0.282. The number of benzene rings is 2. The topological polar surface area (TPSA) is 57.2 Å². The highest BCUT2D eigenvalue weighted by molar-refractivity contribution is 7.13. The molecule has 3 rings (SSSR count). The van der Waals surface area contributed by atoms with Crippen molar-refractivity contribution in [3.05, 3.63) is 83.5 Å². The Hall–Kier alpha value is -2.63. The van der Waals surface area contributed by atoms with Crippen LogP contribution in [0.15, 0.2) is 72.3 Å². The Labute approximate surface area is 152 Å². The number of nitrogens with zero attached hydrogens (tertiary/aromatic N) is 1. The zero-order valence-electron chi connectivity index (χ0n) is 14.5. The molecule has 1 aromatic heterocycles. The maximum absolute atomic E-state index is 8.77. The smallest absolute Gasteiger partial charge is 0.187 e. The molecule has 3 aromatic rings. The fourth-order valence-corrected chi connectivity index (χ4v) is 2.70. The summed E-state index contributed by atoms with van der Waals surface area (Å²) in [6, 6.07) is 17.6. The highest BCUT2D eigenvalue weighted by Crippen LogP contribution is 2.19. The lowest BCUT2D eigenvalue weighted by Crippen LogP contribution is -1.93. The molecule has 0 aliphatic heterocycles.